The van der Waals surface area contributed by atoms with Gasteiger partial charge >= 0.3 is 0 Å². The molecule has 0 saturated heterocycles. The minimum Gasteiger partial charge on any atom is -0.316 e. The Labute approximate surface area is 138 Å². The molecule has 0 aromatic heterocycles. The first-order chi connectivity index (χ1) is 11.1. The van der Waals surface area contributed by atoms with E-state index in [1.807, 2.05) is 43.3 Å². The average Bonchev–Trinajstić information content (AvgIpc) is 2.83. The van der Waals surface area contributed by atoms with Gasteiger partial charge in [0.25, 0.3) is 5.24 Å². The molecule has 4 heteroatoms. The van der Waals surface area contributed by atoms with Gasteiger partial charge in [0.15, 0.2) is 5.78 Å². The normalized spacial score (nSPS) is 19.5. The van der Waals surface area contributed by atoms with Crippen LogP contribution in [0.5, 0.6) is 0 Å². The number of thioether (sulfide) groups is 1. The Morgan fingerprint density at radius 1 is 0.957 bits per heavy atom. The molecule has 1 aliphatic carbocycles. The highest BCUT2D eigenvalue weighted by atomic mass is 32.2. The van der Waals surface area contributed by atoms with Crippen molar-refractivity contribution in [2.45, 2.75) is 19.1 Å². The number of hydrogen-bond donors (Lipinski definition) is 1. The Morgan fingerprint density at radius 2 is 1.70 bits per heavy atom. The van der Waals surface area contributed by atoms with Crippen LogP contribution in [0.15, 0.2) is 48.0 Å². The summed E-state index contributed by atoms with van der Waals surface area (Å²) in [6.45, 7) is 4.11. The molecule has 0 radical (unpaired) electrons. The zero-order valence-corrected chi connectivity index (χ0v) is 13.7. The number of fused-ring (bicyclic) bond motifs is 2. The number of rotatable bonds is 1. The highest BCUT2D eigenvalue weighted by Gasteiger charge is 2.40. The number of carbonyl (C=O) groups is 2. The van der Waals surface area contributed by atoms with Gasteiger partial charge in [0, 0.05) is 16.7 Å². The standard InChI is InChI=1S/C19H15NO2S/c1-10-7-8-12(9-11(10)2)18-15-16(20-19(22)23-18)13-5-3-4-6-14(13)17(15)21/h3-9,18H,1-2H3,(H,20,22)/t18-/m1/s1. The zero-order valence-electron chi connectivity index (χ0n) is 12.8. The largest absolute Gasteiger partial charge is 0.316 e. The van der Waals surface area contributed by atoms with Gasteiger partial charge in [-0.1, -0.05) is 54.2 Å². The van der Waals surface area contributed by atoms with E-state index < -0.39 is 0 Å². The lowest BCUT2D eigenvalue weighted by Crippen LogP contribution is -2.25. The molecule has 114 valence electrons. The van der Waals surface area contributed by atoms with Gasteiger partial charge in [-0.15, -0.1) is 0 Å². The maximum atomic E-state index is 12.9. The second kappa shape index (κ2) is 5.10. The molecule has 1 N–H and O–H groups in total. The van der Waals surface area contributed by atoms with Crippen molar-refractivity contribution in [1.82, 2.24) is 5.32 Å². The topological polar surface area (TPSA) is 46.2 Å². The first-order valence-electron chi connectivity index (χ1n) is 7.49. The second-order valence-corrected chi connectivity index (χ2v) is 7.00. The number of nitrogens with one attached hydrogen (secondary N) is 1. The van der Waals surface area contributed by atoms with Gasteiger partial charge in [-0.3, -0.25) is 9.59 Å². The summed E-state index contributed by atoms with van der Waals surface area (Å²) in [5, 5.41) is 2.51. The summed E-state index contributed by atoms with van der Waals surface area (Å²) in [6.07, 6.45) is 0. The van der Waals surface area contributed by atoms with Crippen molar-refractivity contribution in [3.63, 3.8) is 0 Å². The van der Waals surface area contributed by atoms with Crippen LogP contribution in [0, 0.1) is 13.8 Å². The molecule has 0 fully saturated rings. The minimum absolute atomic E-state index is 0.0197. The maximum absolute atomic E-state index is 12.9. The van der Waals surface area contributed by atoms with Gasteiger partial charge in [0.1, 0.15) is 0 Å². The van der Waals surface area contributed by atoms with Crippen molar-refractivity contribution in [3.8, 4) is 0 Å². The van der Waals surface area contributed by atoms with Crippen LogP contribution in [0.3, 0.4) is 0 Å². The minimum atomic E-state index is -0.252. The van der Waals surface area contributed by atoms with Crippen LogP contribution in [0.4, 0.5) is 4.79 Å². The Morgan fingerprint density at radius 3 is 2.43 bits per heavy atom. The molecule has 0 spiro atoms. The van der Waals surface area contributed by atoms with Crippen LogP contribution in [0.25, 0.3) is 5.70 Å². The predicted molar refractivity (Wildman–Crippen MR) is 92.5 cm³/mol. The molecule has 0 saturated carbocycles. The van der Waals surface area contributed by atoms with Crippen molar-refractivity contribution < 1.29 is 9.59 Å². The van der Waals surface area contributed by atoms with E-state index in [2.05, 4.69) is 18.3 Å². The van der Waals surface area contributed by atoms with E-state index in [0.717, 1.165) is 11.1 Å². The summed E-state index contributed by atoms with van der Waals surface area (Å²) in [5.74, 6) is 0.0197. The van der Waals surface area contributed by atoms with Crippen LogP contribution in [-0.4, -0.2) is 11.0 Å². The fourth-order valence-electron chi connectivity index (χ4n) is 3.15. The van der Waals surface area contributed by atoms with E-state index in [9.17, 15) is 9.59 Å². The number of hydrogen-bond acceptors (Lipinski definition) is 3. The number of amides is 1. The number of benzene rings is 2. The summed E-state index contributed by atoms with van der Waals surface area (Å²) in [5.41, 5.74) is 6.25. The van der Waals surface area contributed by atoms with E-state index in [4.69, 9.17) is 0 Å². The number of Topliss-reactive ketones (excluding diaryl/α,β-unsaturated/α-hetero) is 1. The molecule has 1 aliphatic heterocycles. The van der Waals surface area contributed by atoms with Crippen molar-refractivity contribution >= 4 is 28.5 Å². The Kier molecular flexibility index (Phi) is 3.16. The lowest BCUT2D eigenvalue weighted by atomic mass is 9.97. The van der Waals surface area contributed by atoms with Gasteiger partial charge in [-0.05, 0) is 30.5 Å². The Bertz CT molecular complexity index is 898. The van der Waals surface area contributed by atoms with E-state index in [1.54, 1.807) is 0 Å². The van der Waals surface area contributed by atoms with Crippen LogP contribution in [-0.2, 0) is 0 Å². The molecular weight excluding hydrogens is 306 g/mol. The molecule has 0 unspecified atom stereocenters. The highest BCUT2D eigenvalue weighted by molar-refractivity contribution is 8.14. The lowest BCUT2D eigenvalue weighted by Gasteiger charge is -2.24. The second-order valence-electron chi connectivity index (χ2n) is 5.92. The summed E-state index contributed by atoms with van der Waals surface area (Å²) < 4.78 is 0. The molecule has 4 rings (SSSR count). The Hall–Kier alpha value is -2.33. The average molecular weight is 321 g/mol. The van der Waals surface area contributed by atoms with E-state index in [1.165, 1.54) is 22.9 Å². The zero-order chi connectivity index (χ0) is 16.1. The fraction of sp³-hybridized carbons (Fsp3) is 0.158. The third kappa shape index (κ3) is 2.13. The van der Waals surface area contributed by atoms with Crippen LogP contribution < -0.4 is 5.32 Å². The summed E-state index contributed by atoms with van der Waals surface area (Å²) in [7, 11) is 0. The van der Waals surface area contributed by atoms with Crippen LogP contribution in [0.1, 0.15) is 37.9 Å². The molecule has 0 bridgehead atoms. The van der Waals surface area contributed by atoms with Crippen molar-refractivity contribution in [1.29, 1.82) is 0 Å². The van der Waals surface area contributed by atoms with Gasteiger partial charge in [0.2, 0.25) is 0 Å². The monoisotopic (exact) mass is 321 g/mol. The maximum Gasteiger partial charge on any atom is 0.284 e. The molecule has 2 aromatic carbocycles. The van der Waals surface area contributed by atoms with E-state index in [0.29, 0.717) is 16.8 Å². The SMILES string of the molecule is Cc1ccc([C@H]2SC(=O)NC3=C2C(=O)c2ccccc23)cc1C. The first kappa shape index (κ1) is 14.3. The Balaban J connectivity index is 1.89. The highest BCUT2D eigenvalue weighted by Crippen LogP contribution is 2.48. The smallest absolute Gasteiger partial charge is 0.284 e. The molecule has 1 atom stereocenters. The van der Waals surface area contributed by atoms with Crippen molar-refractivity contribution in [2.24, 2.45) is 0 Å². The molecular formula is C19H15NO2S. The lowest BCUT2D eigenvalue weighted by molar-refractivity contribution is 0.103. The van der Waals surface area contributed by atoms with Gasteiger partial charge in [0.05, 0.1) is 10.9 Å². The summed E-state index contributed by atoms with van der Waals surface area (Å²) >= 11 is 1.18. The van der Waals surface area contributed by atoms with Gasteiger partial charge in [-0.2, -0.15) is 0 Å². The molecule has 2 aliphatic rings. The predicted octanol–water partition coefficient (Wildman–Crippen LogP) is 4.41. The molecule has 3 nitrogen and oxygen atoms in total. The van der Waals surface area contributed by atoms with E-state index in [-0.39, 0.29) is 16.3 Å². The molecule has 1 amide bonds. The van der Waals surface area contributed by atoms with Crippen molar-refractivity contribution in [3.05, 3.63) is 75.9 Å². The number of ketones is 1. The molecule has 1 heterocycles. The van der Waals surface area contributed by atoms with Crippen molar-refractivity contribution in [2.75, 3.05) is 0 Å². The molecule has 2 aromatic rings. The third-order valence-electron chi connectivity index (χ3n) is 4.50. The van der Waals surface area contributed by atoms with Crippen LogP contribution >= 0.6 is 11.8 Å². The van der Waals surface area contributed by atoms with Gasteiger partial charge < -0.3 is 5.32 Å². The third-order valence-corrected chi connectivity index (χ3v) is 5.56. The van der Waals surface area contributed by atoms with Crippen LogP contribution in [0.2, 0.25) is 0 Å². The fourth-order valence-corrected chi connectivity index (χ4v) is 4.15. The first-order valence-corrected chi connectivity index (χ1v) is 8.37. The van der Waals surface area contributed by atoms with Gasteiger partial charge in [-0.25, -0.2) is 0 Å². The number of carbonyl (C=O) groups excluding carboxylic acids is 2. The summed E-state index contributed by atoms with van der Waals surface area (Å²) in [6, 6.07) is 13.6. The van der Waals surface area contributed by atoms with E-state index >= 15 is 0 Å². The molecule has 23 heavy (non-hydrogen) atoms. The summed E-state index contributed by atoms with van der Waals surface area (Å²) in [4.78, 5) is 25.0. The quantitative estimate of drug-likeness (QED) is 0.846. The number of aryl methyl sites for hydroxylation is 2.